The zero-order valence-electron chi connectivity index (χ0n) is 18.9. The van der Waals surface area contributed by atoms with Gasteiger partial charge in [0.1, 0.15) is 0 Å². The van der Waals surface area contributed by atoms with Crippen LogP contribution in [0.25, 0.3) is 0 Å². The molecule has 0 bridgehead atoms. The highest BCUT2D eigenvalue weighted by molar-refractivity contribution is 7.91. The number of hydrogen-bond donors (Lipinski definition) is 0. The quantitative estimate of drug-likeness (QED) is 0.662. The van der Waals surface area contributed by atoms with Crippen LogP contribution in [0.3, 0.4) is 0 Å². The first-order chi connectivity index (χ1) is 14.0. The molecule has 0 radical (unpaired) electrons. The monoisotopic (exact) mass is 429 g/mol. The summed E-state index contributed by atoms with van der Waals surface area (Å²) in [5.41, 5.74) is 4.65. The Kier molecular flexibility index (Phi) is 6.93. The summed E-state index contributed by atoms with van der Waals surface area (Å²) in [4.78, 5) is 2.40. The highest BCUT2D eigenvalue weighted by Gasteiger charge is 2.28. The van der Waals surface area contributed by atoms with Crippen molar-refractivity contribution in [1.29, 1.82) is 0 Å². The Bertz CT molecular complexity index is 918. The van der Waals surface area contributed by atoms with E-state index < -0.39 is 14.6 Å². The summed E-state index contributed by atoms with van der Waals surface area (Å²) in [5.74, 6) is 0.0943. The van der Waals surface area contributed by atoms with Crippen molar-refractivity contribution in [1.82, 2.24) is 0 Å². The molecule has 164 valence electrons. The van der Waals surface area contributed by atoms with Crippen LogP contribution < -0.4 is 4.90 Å². The fourth-order valence-corrected chi connectivity index (χ4v) is 4.85. The van der Waals surface area contributed by atoms with Crippen LogP contribution in [0.1, 0.15) is 51.3 Å². The first-order valence-electron chi connectivity index (χ1n) is 10.8. The van der Waals surface area contributed by atoms with Crippen molar-refractivity contribution >= 4 is 15.5 Å². The second-order valence-electron chi connectivity index (χ2n) is 9.52. The number of morpholine rings is 1. The minimum absolute atomic E-state index is 0.0943. The molecule has 1 aliphatic rings. The third-order valence-electron chi connectivity index (χ3n) is 5.74. The lowest BCUT2D eigenvalue weighted by Gasteiger charge is -2.36. The van der Waals surface area contributed by atoms with Gasteiger partial charge in [-0.25, -0.2) is 8.42 Å². The van der Waals surface area contributed by atoms with E-state index in [0.717, 1.165) is 31.5 Å². The number of nitrogens with zero attached hydrogens (tertiary/aromatic N) is 1. The third kappa shape index (κ3) is 5.86. The summed E-state index contributed by atoms with van der Waals surface area (Å²) in [6, 6.07) is 16.8. The summed E-state index contributed by atoms with van der Waals surface area (Å²) in [5, 5.41) is 0. The van der Waals surface area contributed by atoms with Crippen molar-refractivity contribution in [2.75, 3.05) is 18.0 Å². The molecule has 0 saturated carbocycles. The molecule has 2 aromatic carbocycles. The van der Waals surface area contributed by atoms with Crippen molar-refractivity contribution in [2.24, 2.45) is 0 Å². The molecule has 3 rings (SSSR count). The Labute approximate surface area is 182 Å². The minimum atomic E-state index is -3.15. The van der Waals surface area contributed by atoms with E-state index in [1.165, 1.54) is 16.8 Å². The van der Waals surface area contributed by atoms with Gasteiger partial charge < -0.3 is 9.64 Å². The highest BCUT2D eigenvalue weighted by atomic mass is 32.2. The molecule has 0 N–H and O–H groups in total. The van der Waals surface area contributed by atoms with E-state index in [-0.39, 0.29) is 18.0 Å². The van der Waals surface area contributed by atoms with Crippen molar-refractivity contribution in [3.63, 3.8) is 0 Å². The summed E-state index contributed by atoms with van der Waals surface area (Å²) < 4.78 is 29.9. The molecule has 1 saturated heterocycles. The fraction of sp³-hybridized carbons (Fsp3) is 0.520. The number of anilines is 1. The molecule has 30 heavy (non-hydrogen) atoms. The van der Waals surface area contributed by atoms with Crippen LogP contribution in [-0.4, -0.2) is 38.5 Å². The lowest BCUT2D eigenvalue weighted by molar-refractivity contribution is -0.00521. The van der Waals surface area contributed by atoms with Gasteiger partial charge >= 0.3 is 0 Å². The Morgan fingerprint density at radius 2 is 1.27 bits per heavy atom. The number of rotatable bonds is 6. The molecule has 0 unspecified atom stereocenters. The van der Waals surface area contributed by atoms with E-state index in [2.05, 4.69) is 55.1 Å². The number of benzene rings is 2. The number of sulfone groups is 1. The zero-order valence-corrected chi connectivity index (χ0v) is 19.7. The molecule has 0 amide bonds. The summed E-state index contributed by atoms with van der Waals surface area (Å²) >= 11 is 0. The van der Waals surface area contributed by atoms with Gasteiger partial charge in [-0.2, -0.15) is 0 Å². The average Bonchev–Trinajstić information content (AvgIpc) is 2.66. The predicted molar refractivity (Wildman–Crippen MR) is 125 cm³/mol. The Morgan fingerprint density at radius 3 is 1.73 bits per heavy atom. The summed E-state index contributed by atoms with van der Waals surface area (Å²) in [6.07, 6.45) is 2.43. The van der Waals surface area contributed by atoms with E-state index in [4.69, 9.17) is 4.74 Å². The van der Waals surface area contributed by atoms with Crippen LogP contribution in [0.5, 0.6) is 0 Å². The van der Waals surface area contributed by atoms with E-state index in [1.54, 1.807) is 20.8 Å². The van der Waals surface area contributed by atoms with Crippen LogP contribution in [0.15, 0.2) is 48.5 Å². The zero-order chi connectivity index (χ0) is 21.9. The molecule has 0 aliphatic carbocycles. The van der Waals surface area contributed by atoms with Gasteiger partial charge in [-0.1, -0.05) is 36.4 Å². The van der Waals surface area contributed by atoms with Gasteiger partial charge in [-0.3, -0.25) is 0 Å². The van der Waals surface area contributed by atoms with E-state index in [0.29, 0.717) is 0 Å². The first-order valence-corrected chi connectivity index (χ1v) is 12.5. The van der Waals surface area contributed by atoms with Crippen molar-refractivity contribution < 1.29 is 13.2 Å². The predicted octanol–water partition coefficient (Wildman–Crippen LogP) is 4.80. The number of hydrogen-bond acceptors (Lipinski definition) is 4. The van der Waals surface area contributed by atoms with Gasteiger partial charge in [0.25, 0.3) is 0 Å². The molecule has 2 aromatic rings. The largest absolute Gasteiger partial charge is 0.372 e. The minimum Gasteiger partial charge on any atom is -0.372 e. The molecule has 1 heterocycles. The molecule has 4 nitrogen and oxygen atoms in total. The van der Waals surface area contributed by atoms with Crippen LogP contribution in [0, 0.1) is 0 Å². The summed E-state index contributed by atoms with van der Waals surface area (Å²) in [6.45, 7) is 11.4. The molecule has 2 atom stereocenters. The van der Waals surface area contributed by atoms with Gasteiger partial charge in [0.05, 0.1) is 22.7 Å². The van der Waals surface area contributed by atoms with Gasteiger partial charge in [0.15, 0.2) is 9.84 Å². The van der Waals surface area contributed by atoms with Crippen LogP contribution in [0.2, 0.25) is 0 Å². The van der Waals surface area contributed by atoms with Crippen molar-refractivity contribution in [2.45, 2.75) is 70.2 Å². The first kappa shape index (κ1) is 22.8. The molecular weight excluding hydrogens is 394 g/mol. The smallest absolute Gasteiger partial charge is 0.159 e. The maximum Gasteiger partial charge on any atom is 0.159 e. The molecule has 0 aromatic heterocycles. The fourth-order valence-electron chi connectivity index (χ4n) is 3.79. The van der Waals surface area contributed by atoms with Crippen molar-refractivity contribution in [3.05, 3.63) is 65.2 Å². The number of ether oxygens (including phenoxy) is 1. The van der Waals surface area contributed by atoms with E-state index >= 15 is 0 Å². The topological polar surface area (TPSA) is 46.6 Å². The van der Waals surface area contributed by atoms with Gasteiger partial charge in [0.2, 0.25) is 0 Å². The molecule has 5 heteroatoms. The third-order valence-corrected chi connectivity index (χ3v) is 8.32. The Hall–Kier alpha value is -1.85. The lowest BCUT2D eigenvalue weighted by atomic mass is 10.0. The lowest BCUT2D eigenvalue weighted by Crippen LogP contribution is -2.45. The maximum absolute atomic E-state index is 12.4. The maximum atomic E-state index is 12.4. The van der Waals surface area contributed by atoms with E-state index in [1.807, 2.05) is 12.1 Å². The van der Waals surface area contributed by atoms with Crippen molar-refractivity contribution in [3.8, 4) is 0 Å². The Morgan fingerprint density at radius 1 is 0.833 bits per heavy atom. The summed E-state index contributed by atoms with van der Waals surface area (Å²) in [7, 11) is -3.15. The molecule has 0 spiro atoms. The second kappa shape index (κ2) is 9.11. The Balaban J connectivity index is 1.56. The van der Waals surface area contributed by atoms with Gasteiger partial charge in [-0.15, -0.1) is 0 Å². The van der Waals surface area contributed by atoms with Crippen LogP contribution in [-0.2, 0) is 33.2 Å². The van der Waals surface area contributed by atoms with Crippen LogP contribution in [0.4, 0.5) is 5.69 Å². The SMILES string of the molecule is C[C@@H]1CN(c2ccc(CCc3ccc(CS(=O)(=O)C(C)(C)C)cc3)cc2)C[C@@H](C)O1. The standard InChI is InChI=1S/C25H35NO3S/c1-19-16-26(17-20(2)29-19)24-14-12-22(13-15-24)7-6-21-8-10-23(11-9-21)18-30(27,28)25(3,4)5/h8-15,19-20H,6-7,16-18H2,1-5H3/t19-,20-/m1/s1. The van der Waals surface area contributed by atoms with Gasteiger partial charge in [-0.05, 0) is 76.3 Å². The highest BCUT2D eigenvalue weighted by Crippen LogP contribution is 2.23. The average molecular weight is 430 g/mol. The van der Waals surface area contributed by atoms with Gasteiger partial charge in [0, 0.05) is 18.8 Å². The normalized spacial score (nSPS) is 20.4. The van der Waals surface area contributed by atoms with E-state index in [9.17, 15) is 8.42 Å². The molecule has 1 fully saturated rings. The number of aryl methyl sites for hydroxylation is 2. The second-order valence-corrected chi connectivity index (χ2v) is 12.3. The molecule has 1 aliphatic heterocycles. The molecular formula is C25H35NO3S. The van der Waals surface area contributed by atoms with Crippen LogP contribution >= 0.6 is 0 Å².